The van der Waals surface area contributed by atoms with Crippen molar-refractivity contribution in [3.05, 3.63) is 23.9 Å². The van der Waals surface area contributed by atoms with Crippen LogP contribution >= 0.6 is 0 Å². The number of carbonyl (C=O) groups is 1. The maximum atomic E-state index is 11.6. The Morgan fingerprint density at radius 2 is 2.29 bits per heavy atom. The van der Waals surface area contributed by atoms with E-state index in [1.165, 1.54) is 12.8 Å². The first-order valence-electron chi connectivity index (χ1n) is 7.77. The highest BCUT2D eigenvalue weighted by Crippen LogP contribution is 2.38. The largest absolute Gasteiger partial charge is 0.462 e. The van der Waals surface area contributed by atoms with Crippen LogP contribution in [0.3, 0.4) is 0 Å². The summed E-state index contributed by atoms with van der Waals surface area (Å²) in [5, 5.41) is 3.45. The van der Waals surface area contributed by atoms with Crippen LogP contribution in [0.15, 0.2) is 18.3 Å². The second-order valence-corrected chi connectivity index (χ2v) is 5.76. The second-order valence-electron chi connectivity index (χ2n) is 5.76. The molecule has 2 heterocycles. The van der Waals surface area contributed by atoms with Crippen LogP contribution in [-0.4, -0.2) is 36.3 Å². The fraction of sp³-hybridized carbons (Fsp3) is 0.625. The molecule has 0 aromatic carbocycles. The average molecular weight is 290 g/mol. The molecule has 2 atom stereocenters. The van der Waals surface area contributed by atoms with Gasteiger partial charge in [-0.25, -0.2) is 9.78 Å². The van der Waals surface area contributed by atoms with Crippen LogP contribution in [0, 0.1) is 5.92 Å². The molecule has 1 N–H and O–H groups in total. The fourth-order valence-electron chi connectivity index (χ4n) is 2.78. The van der Waals surface area contributed by atoms with E-state index >= 15 is 0 Å². The zero-order chi connectivity index (χ0) is 14.7. The number of ether oxygens (including phenoxy) is 2. The number of hydrogen-bond donors (Lipinski definition) is 1. The van der Waals surface area contributed by atoms with Crippen LogP contribution in [-0.2, 0) is 9.47 Å². The summed E-state index contributed by atoms with van der Waals surface area (Å²) in [7, 11) is 0. The Hall–Kier alpha value is -1.62. The van der Waals surface area contributed by atoms with E-state index in [4.69, 9.17) is 9.47 Å². The summed E-state index contributed by atoms with van der Waals surface area (Å²) in [6.45, 7) is 2.99. The number of anilines is 1. The minimum absolute atomic E-state index is 0.323. The molecule has 5 heteroatoms. The van der Waals surface area contributed by atoms with Gasteiger partial charge in [0.05, 0.1) is 18.3 Å². The maximum Gasteiger partial charge on any atom is 0.339 e. The third kappa shape index (κ3) is 3.73. The van der Waals surface area contributed by atoms with E-state index in [1.54, 1.807) is 19.2 Å². The van der Waals surface area contributed by atoms with Gasteiger partial charge in [0.1, 0.15) is 5.82 Å². The van der Waals surface area contributed by atoms with Crippen molar-refractivity contribution in [1.82, 2.24) is 4.98 Å². The van der Waals surface area contributed by atoms with Crippen LogP contribution in [0.25, 0.3) is 0 Å². The molecule has 1 aliphatic carbocycles. The molecule has 2 aliphatic rings. The first kappa shape index (κ1) is 14.3. The summed E-state index contributed by atoms with van der Waals surface area (Å²) in [6.07, 6.45) is 6.65. The van der Waals surface area contributed by atoms with Crippen molar-refractivity contribution in [2.24, 2.45) is 5.92 Å². The van der Waals surface area contributed by atoms with Crippen molar-refractivity contribution < 1.29 is 14.3 Å². The summed E-state index contributed by atoms with van der Waals surface area (Å²) < 4.78 is 10.8. The number of nitrogens with one attached hydrogen (secondary N) is 1. The van der Waals surface area contributed by atoms with Gasteiger partial charge in [-0.1, -0.05) is 0 Å². The normalized spacial score (nSPS) is 25.4. The predicted molar refractivity (Wildman–Crippen MR) is 79.3 cm³/mol. The Bertz CT molecular complexity index is 485. The van der Waals surface area contributed by atoms with Gasteiger partial charge in [-0.3, -0.25) is 0 Å². The van der Waals surface area contributed by atoms with Gasteiger partial charge < -0.3 is 14.8 Å². The van der Waals surface area contributed by atoms with E-state index in [0.717, 1.165) is 31.2 Å². The predicted octanol–water partition coefficient (Wildman–Crippen LogP) is 2.63. The maximum absolute atomic E-state index is 11.6. The Labute approximate surface area is 125 Å². The lowest BCUT2D eigenvalue weighted by Crippen LogP contribution is -2.35. The SMILES string of the molecule is CCOC(=O)c1ccc(NC2CCOC(C3CC3)C2)nc1. The molecule has 0 amide bonds. The van der Waals surface area contributed by atoms with E-state index in [0.29, 0.717) is 24.3 Å². The second kappa shape index (κ2) is 6.43. The molecular weight excluding hydrogens is 268 g/mol. The van der Waals surface area contributed by atoms with Gasteiger partial charge >= 0.3 is 5.97 Å². The van der Waals surface area contributed by atoms with Gasteiger partial charge in [0.25, 0.3) is 0 Å². The fourth-order valence-corrected chi connectivity index (χ4v) is 2.78. The standard InChI is InChI=1S/C16H22N2O3/c1-2-20-16(19)12-5-6-15(17-10-12)18-13-7-8-21-14(9-13)11-3-4-11/h5-6,10-11,13-14H,2-4,7-9H2,1H3,(H,17,18). The monoisotopic (exact) mass is 290 g/mol. The summed E-state index contributed by atoms with van der Waals surface area (Å²) in [5.74, 6) is 1.26. The Kier molecular flexibility index (Phi) is 4.39. The van der Waals surface area contributed by atoms with Crippen molar-refractivity contribution in [2.45, 2.75) is 44.8 Å². The molecule has 1 aromatic heterocycles. The van der Waals surface area contributed by atoms with Gasteiger partial charge in [-0.2, -0.15) is 0 Å². The van der Waals surface area contributed by atoms with E-state index in [-0.39, 0.29) is 5.97 Å². The average Bonchev–Trinajstić information content (AvgIpc) is 3.33. The Balaban J connectivity index is 1.55. The molecule has 0 radical (unpaired) electrons. The van der Waals surface area contributed by atoms with Crippen LogP contribution in [0.2, 0.25) is 0 Å². The number of carbonyl (C=O) groups excluding carboxylic acids is 1. The van der Waals surface area contributed by atoms with Crippen molar-refractivity contribution in [3.63, 3.8) is 0 Å². The molecule has 1 aromatic rings. The highest BCUT2D eigenvalue weighted by molar-refractivity contribution is 5.89. The lowest BCUT2D eigenvalue weighted by atomic mass is 10.00. The van der Waals surface area contributed by atoms with Crippen molar-refractivity contribution >= 4 is 11.8 Å². The van der Waals surface area contributed by atoms with Crippen molar-refractivity contribution in [2.75, 3.05) is 18.5 Å². The molecule has 1 saturated heterocycles. The number of hydrogen-bond acceptors (Lipinski definition) is 5. The summed E-state index contributed by atoms with van der Waals surface area (Å²) >= 11 is 0. The molecule has 2 unspecified atom stereocenters. The number of rotatable bonds is 5. The minimum Gasteiger partial charge on any atom is -0.462 e. The van der Waals surface area contributed by atoms with Gasteiger partial charge in [0, 0.05) is 18.8 Å². The third-order valence-electron chi connectivity index (χ3n) is 4.09. The van der Waals surface area contributed by atoms with Crippen LogP contribution in [0.5, 0.6) is 0 Å². The topological polar surface area (TPSA) is 60.5 Å². The van der Waals surface area contributed by atoms with E-state index < -0.39 is 0 Å². The highest BCUT2D eigenvalue weighted by atomic mass is 16.5. The Morgan fingerprint density at radius 3 is 2.95 bits per heavy atom. The quantitative estimate of drug-likeness (QED) is 0.845. The van der Waals surface area contributed by atoms with Crippen molar-refractivity contribution in [1.29, 1.82) is 0 Å². The summed E-state index contributed by atoms with van der Waals surface area (Å²) in [4.78, 5) is 15.9. The number of nitrogens with zero attached hydrogens (tertiary/aromatic N) is 1. The molecule has 5 nitrogen and oxygen atoms in total. The lowest BCUT2D eigenvalue weighted by Gasteiger charge is -2.30. The first-order valence-corrected chi connectivity index (χ1v) is 7.77. The summed E-state index contributed by atoms with van der Waals surface area (Å²) in [5.41, 5.74) is 0.491. The van der Waals surface area contributed by atoms with Gasteiger partial charge in [-0.15, -0.1) is 0 Å². The van der Waals surface area contributed by atoms with Crippen LogP contribution in [0.4, 0.5) is 5.82 Å². The molecule has 1 aliphatic heterocycles. The minimum atomic E-state index is -0.323. The highest BCUT2D eigenvalue weighted by Gasteiger charge is 2.35. The summed E-state index contributed by atoms with van der Waals surface area (Å²) in [6, 6.07) is 4.00. The zero-order valence-corrected chi connectivity index (χ0v) is 12.4. The van der Waals surface area contributed by atoms with Crippen molar-refractivity contribution in [3.8, 4) is 0 Å². The molecule has 1 saturated carbocycles. The van der Waals surface area contributed by atoms with E-state index in [9.17, 15) is 4.79 Å². The number of esters is 1. The molecule has 114 valence electrons. The molecule has 0 bridgehead atoms. The Morgan fingerprint density at radius 1 is 1.43 bits per heavy atom. The molecule has 3 rings (SSSR count). The molecule has 2 fully saturated rings. The van der Waals surface area contributed by atoms with Gasteiger partial charge in [0.2, 0.25) is 0 Å². The van der Waals surface area contributed by atoms with E-state index in [2.05, 4.69) is 10.3 Å². The third-order valence-corrected chi connectivity index (χ3v) is 4.09. The number of pyridine rings is 1. The van der Waals surface area contributed by atoms with Crippen LogP contribution < -0.4 is 5.32 Å². The van der Waals surface area contributed by atoms with Gasteiger partial charge in [-0.05, 0) is 50.7 Å². The first-order chi connectivity index (χ1) is 10.3. The van der Waals surface area contributed by atoms with Crippen LogP contribution in [0.1, 0.15) is 43.0 Å². The zero-order valence-electron chi connectivity index (χ0n) is 12.4. The van der Waals surface area contributed by atoms with Gasteiger partial charge in [0.15, 0.2) is 0 Å². The van der Waals surface area contributed by atoms with E-state index in [1.807, 2.05) is 6.07 Å². The lowest BCUT2D eigenvalue weighted by molar-refractivity contribution is -0.00223. The smallest absolute Gasteiger partial charge is 0.339 e. The molecular formula is C16H22N2O3. The molecule has 21 heavy (non-hydrogen) atoms. The number of aromatic nitrogens is 1. The molecule has 0 spiro atoms.